The Morgan fingerprint density at radius 2 is 2.43 bits per heavy atom. The molecule has 0 aliphatic carbocycles. The first kappa shape index (κ1) is 13.8. The topological polar surface area (TPSA) is 51.4 Å². The largest absolute Gasteiger partial charge is 0.380 e. The molecule has 0 radical (unpaired) electrons. The second-order valence-corrected chi connectivity index (χ2v) is 7.47. The first-order valence-corrected chi connectivity index (χ1v) is 9.18. The fraction of sp³-hybridized carbons (Fsp3) is 0.571. The Balaban J connectivity index is 1.47. The number of aromatic nitrogens is 2. The van der Waals surface area contributed by atoms with E-state index in [1.165, 1.54) is 0 Å². The van der Waals surface area contributed by atoms with Crippen LogP contribution in [0, 0.1) is 0 Å². The van der Waals surface area contributed by atoms with Crippen molar-refractivity contribution in [2.24, 2.45) is 0 Å². The number of hydrogen-bond donors (Lipinski definition) is 0. The predicted octanol–water partition coefficient (Wildman–Crippen LogP) is 2.50. The van der Waals surface area contributed by atoms with Crippen LogP contribution in [-0.4, -0.2) is 51.8 Å². The number of hydrogen-bond acceptors (Lipinski definition) is 7. The van der Waals surface area contributed by atoms with E-state index in [0.29, 0.717) is 17.2 Å². The fourth-order valence-corrected chi connectivity index (χ4v) is 4.96. The number of ether oxygens (including phenoxy) is 1. The third kappa shape index (κ3) is 2.88. The molecule has 2 aromatic rings. The van der Waals surface area contributed by atoms with Crippen molar-refractivity contribution in [2.45, 2.75) is 24.3 Å². The molecule has 21 heavy (non-hydrogen) atoms. The highest BCUT2D eigenvalue weighted by Gasteiger charge is 2.34. The van der Waals surface area contributed by atoms with Crippen molar-refractivity contribution in [3.63, 3.8) is 0 Å². The van der Waals surface area contributed by atoms with Crippen LogP contribution >= 0.6 is 23.1 Å². The van der Waals surface area contributed by atoms with Gasteiger partial charge in [-0.2, -0.15) is 28.1 Å². The van der Waals surface area contributed by atoms with Crippen LogP contribution in [-0.2, 0) is 11.3 Å². The van der Waals surface area contributed by atoms with Gasteiger partial charge in [0.05, 0.1) is 18.7 Å². The highest BCUT2D eigenvalue weighted by atomic mass is 32.2. The molecule has 0 aromatic carbocycles. The molecule has 2 aliphatic heterocycles. The standard InChI is InChI=1S/C14H17N3O2S2/c1-4-18-8-12-11(1)17(3-6-21-12)7-13-15-14(19-16-13)10-2-5-20-9-10/h2,5,9,11-12H,1,3-4,6-8H2/t11-,12+/m0/s1. The summed E-state index contributed by atoms with van der Waals surface area (Å²) in [5.74, 6) is 2.56. The Labute approximate surface area is 131 Å². The molecule has 2 saturated heterocycles. The highest BCUT2D eigenvalue weighted by Crippen LogP contribution is 2.31. The van der Waals surface area contributed by atoms with E-state index in [1.807, 2.05) is 28.6 Å². The Kier molecular flexibility index (Phi) is 3.98. The normalized spacial score (nSPS) is 26.7. The molecule has 4 heterocycles. The summed E-state index contributed by atoms with van der Waals surface area (Å²) >= 11 is 3.67. The molecule has 0 saturated carbocycles. The molecule has 2 aromatic heterocycles. The SMILES string of the molecule is c1cc(-c2nc(CN3CCS[C@@H]4COCC[C@@H]43)no2)cs1. The molecule has 0 unspecified atom stereocenters. The summed E-state index contributed by atoms with van der Waals surface area (Å²) < 4.78 is 11.0. The van der Waals surface area contributed by atoms with Crippen molar-refractivity contribution < 1.29 is 9.26 Å². The molecule has 7 heteroatoms. The lowest BCUT2D eigenvalue weighted by Gasteiger charge is -2.42. The van der Waals surface area contributed by atoms with Crippen LogP contribution in [0.1, 0.15) is 12.2 Å². The van der Waals surface area contributed by atoms with Gasteiger partial charge in [-0.1, -0.05) is 5.16 Å². The minimum absolute atomic E-state index is 0.584. The molecule has 4 rings (SSSR count). The number of nitrogens with zero attached hydrogens (tertiary/aromatic N) is 3. The predicted molar refractivity (Wildman–Crippen MR) is 83.5 cm³/mol. The minimum atomic E-state index is 0.584. The number of rotatable bonds is 3. The van der Waals surface area contributed by atoms with Crippen molar-refractivity contribution in [1.29, 1.82) is 0 Å². The molecular formula is C14H17N3O2S2. The monoisotopic (exact) mass is 323 g/mol. The van der Waals surface area contributed by atoms with Crippen LogP contribution in [0.25, 0.3) is 11.5 Å². The van der Waals surface area contributed by atoms with Gasteiger partial charge in [0.1, 0.15) is 0 Å². The van der Waals surface area contributed by atoms with Crippen LogP contribution in [0.4, 0.5) is 0 Å². The Morgan fingerprint density at radius 1 is 1.43 bits per heavy atom. The molecule has 0 spiro atoms. The van der Waals surface area contributed by atoms with E-state index in [4.69, 9.17) is 9.26 Å². The number of fused-ring (bicyclic) bond motifs is 1. The van der Waals surface area contributed by atoms with Gasteiger partial charge in [0.2, 0.25) is 0 Å². The van der Waals surface area contributed by atoms with Crippen LogP contribution in [0.5, 0.6) is 0 Å². The summed E-state index contributed by atoms with van der Waals surface area (Å²) in [4.78, 5) is 7.03. The first-order chi connectivity index (χ1) is 10.4. The smallest absolute Gasteiger partial charge is 0.258 e. The highest BCUT2D eigenvalue weighted by molar-refractivity contribution is 8.00. The maximum Gasteiger partial charge on any atom is 0.258 e. The van der Waals surface area contributed by atoms with Crippen LogP contribution in [0.2, 0.25) is 0 Å². The molecule has 0 amide bonds. The van der Waals surface area contributed by atoms with E-state index in [-0.39, 0.29) is 0 Å². The summed E-state index contributed by atoms with van der Waals surface area (Å²) in [5.41, 5.74) is 1.01. The Morgan fingerprint density at radius 3 is 3.33 bits per heavy atom. The molecular weight excluding hydrogens is 306 g/mol. The van der Waals surface area contributed by atoms with Gasteiger partial charge >= 0.3 is 0 Å². The third-order valence-electron chi connectivity index (χ3n) is 4.03. The summed E-state index contributed by atoms with van der Waals surface area (Å²) in [6.07, 6.45) is 1.10. The van der Waals surface area contributed by atoms with E-state index in [0.717, 1.165) is 49.9 Å². The molecule has 2 atom stereocenters. The number of thiophene rings is 1. The van der Waals surface area contributed by atoms with Crippen LogP contribution in [0.15, 0.2) is 21.3 Å². The first-order valence-electron chi connectivity index (χ1n) is 7.19. The van der Waals surface area contributed by atoms with Crippen LogP contribution < -0.4 is 0 Å². The van der Waals surface area contributed by atoms with Gasteiger partial charge in [0.25, 0.3) is 5.89 Å². The zero-order chi connectivity index (χ0) is 14.1. The molecule has 2 aliphatic rings. The van der Waals surface area contributed by atoms with Gasteiger partial charge in [0, 0.05) is 35.6 Å². The van der Waals surface area contributed by atoms with Crippen molar-refractivity contribution in [3.8, 4) is 11.5 Å². The molecule has 5 nitrogen and oxygen atoms in total. The van der Waals surface area contributed by atoms with Gasteiger partial charge in [-0.05, 0) is 17.9 Å². The zero-order valence-electron chi connectivity index (χ0n) is 11.6. The van der Waals surface area contributed by atoms with Gasteiger partial charge in [-0.3, -0.25) is 4.90 Å². The van der Waals surface area contributed by atoms with E-state index >= 15 is 0 Å². The summed E-state index contributed by atoms with van der Waals surface area (Å²) in [6, 6.07) is 2.59. The summed E-state index contributed by atoms with van der Waals surface area (Å²) in [5, 5.41) is 8.79. The fourth-order valence-electron chi connectivity index (χ4n) is 2.96. The van der Waals surface area contributed by atoms with Gasteiger partial charge in [-0.25, -0.2) is 0 Å². The second-order valence-electron chi connectivity index (χ2n) is 5.34. The molecule has 0 N–H and O–H groups in total. The van der Waals surface area contributed by atoms with Gasteiger partial charge in [0.15, 0.2) is 5.82 Å². The molecule has 112 valence electrons. The van der Waals surface area contributed by atoms with Gasteiger partial charge in [-0.15, -0.1) is 0 Å². The van der Waals surface area contributed by atoms with Crippen molar-refractivity contribution in [3.05, 3.63) is 22.7 Å². The maximum atomic E-state index is 5.59. The van der Waals surface area contributed by atoms with Crippen molar-refractivity contribution >= 4 is 23.1 Å². The second kappa shape index (κ2) is 6.08. The Bertz CT molecular complexity index is 585. The van der Waals surface area contributed by atoms with Gasteiger partial charge < -0.3 is 9.26 Å². The van der Waals surface area contributed by atoms with E-state index < -0.39 is 0 Å². The quantitative estimate of drug-likeness (QED) is 0.865. The zero-order valence-corrected chi connectivity index (χ0v) is 13.2. The Hall–Kier alpha value is -0.890. The van der Waals surface area contributed by atoms with Crippen LogP contribution in [0.3, 0.4) is 0 Å². The van der Waals surface area contributed by atoms with E-state index in [9.17, 15) is 0 Å². The van der Waals surface area contributed by atoms with E-state index in [1.54, 1.807) is 11.3 Å². The summed E-state index contributed by atoms with van der Waals surface area (Å²) in [7, 11) is 0. The average Bonchev–Trinajstić information content (AvgIpc) is 3.18. The van der Waals surface area contributed by atoms with E-state index in [2.05, 4.69) is 15.0 Å². The van der Waals surface area contributed by atoms with Crippen molar-refractivity contribution in [1.82, 2.24) is 15.0 Å². The lowest BCUT2D eigenvalue weighted by molar-refractivity contribution is 0.0340. The lowest BCUT2D eigenvalue weighted by Crippen LogP contribution is -2.51. The average molecular weight is 323 g/mol. The minimum Gasteiger partial charge on any atom is -0.380 e. The maximum absolute atomic E-state index is 5.59. The molecule has 0 bridgehead atoms. The molecule has 2 fully saturated rings. The lowest BCUT2D eigenvalue weighted by atomic mass is 10.1. The number of thioether (sulfide) groups is 1. The van der Waals surface area contributed by atoms with Crippen molar-refractivity contribution in [2.75, 3.05) is 25.5 Å². The third-order valence-corrected chi connectivity index (χ3v) is 6.01. The summed E-state index contributed by atoms with van der Waals surface area (Å²) in [6.45, 7) is 3.60.